The van der Waals surface area contributed by atoms with Gasteiger partial charge in [-0.05, 0) is 19.1 Å². The summed E-state index contributed by atoms with van der Waals surface area (Å²) in [7, 11) is 0. The predicted molar refractivity (Wildman–Crippen MR) is 64.8 cm³/mol. The van der Waals surface area contributed by atoms with Crippen molar-refractivity contribution in [1.82, 2.24) is 4.98 Å². The van der Waals surface area contributed by atoms with Gasteiger partial charge in [0.2, 0.25) is 5.78 Å². The molecule has 0 aliphatic carbocycles. The molecule has 1 N–H and O–H groups in total. The van der Waals surface area contributed by atoms with Crippen LogP contribution in [0, 0.1) is 0 Å². The lowest BCUT2D eigenvalue weighted by atomic mass is 10.0. The molecule has 0 unspecified atom stereocenters. The fourth-order valence-electron chi connectivity index (χ4n) is 1.90. The van der Waals surface area contributed by atoms with E-state index >= 15 is 0 Å². The van der Waals surface area contributed by atoms with E-state index in [1.54, 1.807) is 6.92 Å². The number of rotatable bonds is 4. The lowest BCUT2D eigenvalue weighted by molar-refractivity contribution is -0.255. The van der Waals surface area contributed by atoms with Crippen LogP contribution in [0.1, 0.15) is 17.3 Å². The number of aromatic nitrogens is 1. The Hall–Kier alpha value is -2.12. The molecule has 0 aliphatic rings. The standard InChI is InChI=1S/C13H10F5NO2/c1-2-21-9-5-3-4-8-10(9)7(6-19-8)11(20)12(14,15)13(16,17)18/h3-6,19H,2H2,1H3. The minimum atomic E-state index is -5.95. The number of Topliss-reactive ketones (excluding diaryl/α,β-unsaturated/α-hetero) is 1. The van der Waals surface area contributed by atoms with Crippen molar-refractivity contribution in [2.75, 3.05) is 6.61 Å². The lowest BCUT2D eigenvalue weighted by Crippen LogP contribution is -2.44. The maximum absolute atomic E-state index is 13.2. The number of ether oxygens (including phenoxy) is 1. The first-order valence-corrected chi connectivity index (χ1v) is 5.92. The predicted octanol–water partition coefficient (Wildman–Crippen LogP) is 3.95. The third-order valence-electron chi connectivity index (χ3n) is 2.85. The number of alkyl halides is 5. The molecule has 0 fully saturated rings. The van der Waals surface area contributed by atoms with Gasteiger partial charge >= 0.3 is 12.1 Å². The van der Waals surface area contributed by atoms with E-state index in [0.29, 0.717) is 0 Å². The fourth-order valence-corrected chi connectivity index (χ4v) is 1.90. The zero-order chi connectivity index (χ0) is 15.8. The maximum atomic E-state index is 13.2. The Bertz CT molecular complexity index is 675. The molecule has 114 valence electrons. The Balaban J connectivity index is 2.60. The number of nitrogens with one attached hydrogen (secondary N) is 1. The average molecular weight is 307 g/mol. The number of ketones is 1. The molecule has 0 atom stereocenters. The van der Waals surface area contributed by atoms with Crippen molar-refractivity contribution in [1.29, 1.82) is 0 Å². The number of aromatic amines is 1. The molecule has 1 aromatic heterocycles. The first-order chi connectivity index (χ1) is 9.70. The van der Waals surface area contributed by atoms with Crippen LogP contribution in [0.15, 0.2) is 24.4 Å². The van der Waals surface area contributed by atoms with Gasteiger partial charge in [0.25, 0.3) is 0 Å². The highest BCUT2D eigenvalue weighted by atomic mass is 19.4. The highest BCUT2D eigenvalue weighted by Crippen LogP contribution is 2.40. The Morgan fingerprint density at radius 2 is 1.90 bits per heavy atom. The molecule has 2 aromatic rings. The van der Waals surface area contributed by atoms with Gasteiger partial charge in [-0.3, -0.25) is 4.79 Å². The van der Waals surface area contributed by atoms with Crippen molar-refractivity contribution >= 4 is 16.7 Å². The summed E-state index contributed by atoms with van der Waals surface area (Å²) < 4.78 is 68.5. The van der Waals surface area contributed by atoms with Crippen molar-refractivity contribution in [3.8, 4) is 5.75 Å². The van der Waals surface area contributed by atoms with E-state index in [-0.39, 0.29) is 23.3 Å². The summed E-state index contributed by atoms with van der Waals surface area (Å²) >= 11 is 0. The summed E-state index contributed by atoms with van der Waals surface area (Å²) in [6, 6.07) is 4.36. The van der Waals surface area contributed by atoms with Gasteiger partial charge in [-0.2, -0.15) is 22.0 Å². The Labute approximate surface area is 115 Å². The first-order valence-electron chi connectivity index (χ1n) is 5.92. The van der Waals surface area contributed by atoms with Gasteiger partial charge in [0.1, 0.15) is 5.75 Å². The molecule has 0 saturated heterocycles. The van der Waals surface area contributed by atoms with Crippen LogP contribution >= 0.6 is 0 Å². The summed E-state index contributed by atoms with van der Waals surface area (Å²) in [5, 5.41) is -0.0896. The van der Waals surface area contributed by atoms with Crippen LogP contribution in [0.2, 0.25) is 0 Å². The topological polar surface area (TPSA) is 42.1 Å². The molecule has 0 amide bonds. The quantitative estimate of drug-likeness (QED) is 0.686. The number of halogens is 5. The van der Waals surface area contributed by atoms with Crippen molar-refractivity contribution in [2.24, 2.45) is 0 Å². The zero-order valence-electron chi connectivity index (χ0n) is 10.7. The Kier molecular flexibility index (Phi) is 3.65. The van der Waals surface area contributed by atoms with Crippen molar-refractivity contribution in [3.63, 3.8) is 0 Å². The van der Waals surface area contributed by atoms with Crippen molar-refractivity contribution < 1.29 is 31.5 Å². The number of H-pyrrole nitrogens is 1. The molecule has 8 heteroatoms. The van der Waals surface area contributed by atoms with Gasteiger partial charge in [0.05, 0.1) is 17.6 Å². The van der Waals surface area contributed by atoms with E-state index in [4.69, 9.17) is 4.74 Å². The van der Waals surface area contributed by atoms with Gasteiger partial charge in [-0.15, -0.1) is 0 Å². The molecule has 3 nitrogen and oxygen atoms in total. The average Bonchev–Trinajstić information content (AvgIpc) is 2.81. The van der Waals surface area contributed by atoms with E-state index in [1.807, 2.05) is 0 Å². The largest absolute Gasteiger partial charge is 0.493 e. The summed E-state index contributed by atoms with van der Waals surface area (Å²) in [6.45, 7) is 1.80. The summed E-state index contributed by atoms with van der Waals surface area (Å²) in [4.78, 5) is 14.1. The number of fused-ring (bicyclic) bond motifs is 1. The number of carbonyl (C=O) groups is 1. The number of hydrogen-bond donors (Lipinski definition) is 1. The van der Waals surface area contributed by atoms with Gasteiger partial charge < -0.3 is 9.72 Å². The van der Waals surface area contributed by atoms with Gasteiger partial charge in [-0.1, -0.05) is 6.07 Å². The SMILES string of the molecule is CCOc1cccc2[nH]cc(C(=O)C(F)(F)C(F)(F)F)c12. The molecule has 0 bridgehead atoms. The normalized spacial score (nSPS) is 12.7. The smallest absolute Gasteiger partial charge is 0.461 e. The molecule has 21 heavy (non-hydrogen) atoms. The molecule has 1 aromatic carbocycles. The van der Waals surface area contributed by atoms with Crippen molar-refractivity contribution in [2.45, 2.75) is 19.0 Å². The Morgan fingerprint density at radius 3 is 2.48 bits per heavy atom. The third-order valence-corrected chi connectivity index (χ3v) is 2.85. The van der Waals surface area contributed by atoms with Gasteiger partial charge in [0, 0.05) is 11.7 Å². The summed E-state index contributed by atoms with van der Waals surface area (Å²) in [6.07, 6.45) is -5.12. The second kappa shape index (κ2) is 5.01. The second-order valence-corrected chi connectivity index (χ2v) is 4.22. The number of carbonyl (C=O) groups excluding carboxylic acids is 1. The van der Waals surface area contributed by atoms with Crippen LogP contribution < -0.4 is 4.74 Å². The van der Waals surface area contributed by atoms with Crippen LogP contribution in [-0.4, -0.2) is 29.5 Å². The molecule has 0 aliphatic heterocycles. The molecule has 0 saturated carbocycles. The number of benzene rings is 1. The van der Waals surface area contributed by atoms with E-state index in [2.05, 4.69) is 4.98 Å². The molecular weight excluding hydrogens is 297 g/mol. The van der Waals surface area contributed by atoms with E-state index in [0.717, 1.165) is 6.20 Å². The molecule has 2 rings (SSSR count). The van der Waals surface area contributed by atoms with Crippen LogP contribution in [0.25, 0.3) is 10.9 Å². The molecule has 0 spiro atoms. The summed E-state index contributed by atoms with van der Waals surface area (Å²) in [5.41, 5.74) is -0.515. The van der Waals surface area contributed by atoms with Gasteiger partial charge in [-0.25, -0.2) is 0 Å². The molecular formula is C13H10F5NO2. The molecule has 0 radical (unpaired) electrons. The fraction of sp³-hybridized carbons (Fsp3) is 0.308. The van der Waals surface area contributed by atoms with Gasteiger partial charge in [0.15, 0.2) is 0 Å². The highest BCUT2D eigenvalue weighted by molar-refractivity contribution is 6.13. The number of hydrogen-bond acceptors (Lipinski definition) is 2. The summed E-state index contributed by atoms with van der Waals surface area (Å²) in [5.74, 6) is -7.70. The van der Waals surface area contributed by atoms with E-state index < -0.39 is 23.4 Å². The maximum Gasteiger partial charge on any atom is 0.461 e. The van der Waals surface area contributed by atoms with E-state index in [1.165, 1.54) is 18.2 Å². The minimum absolute atomic E-state index is 0.0672. The minimum Gasteiger partial charge on any atom is -0.493 e. The van der Waals surface area contributed by atoms with Crippen LogP contribution in [0.3, 0.4) is 0 Å². The van der Waals surface area contributed by atoms with Crippen molar-refractivity contribution in [3.05, 3.63) is 30.0 Å². The molecule has 1 heterocycles. The third kappa shape index (κ3) is 2.45. The monoisotopic (exact) mass is 307 g/mol. The zero-order valence-corrected chi connectivity index (χ0v) is 10.7. The van der Waals surface area contributed by atoms with Crippen LogP contribution in [0.5, 0.6) is 5.75 Å². The van der Waals surface area contributed by atoms with Crippen LogP contribution in [-0.2, 0) is 0 Å². The van der Waals surface area contributed by atoms with Crippen LogP contribution in [0.4, 0.5) is 22.0 Å². The first kappa shape index (κ1) is 15.3. The Morgan fingerprint density at radius 1 is 1.24 bits per heavy atom. The second-order valence-electron chi connectivity index (χ2n) is 4.22. The van der Waals surface area contributed by atoms with E-state index in [9.17, 15) is 26.7 Å². The highest BCUT2D eigenvalue weighted by Gasteiger charge is 2.63. The lowest BCUT2D eigenvalue weighted by Gasteiger charge is -2.18.